The largest absolute Gasteiger partial charge is 0.481 e. The molecule has 0 fully saturated rings. The Balaban J connectivity index is 2.43. The van der Waals surface area contributed by atoms with E-state index in [4.69, 9.17) is 16.7 Å². The molecule has 0 saturated heterocycles. The number of carboxylic acid groups (broad SMARTS) is 1. The molecule has 2 aromatic rings. The van der Waals surface area contributed by atoms with E-state index in [0.29, 0.717) is 10.7 Å². The number of carboxylic acids is 1. The average Bonchev–Trinajstić information content (AvgIpc) is 2.39. The molecule has 1 N–H and O–H groups in total. The second kappa shape index (κ2) is 5.66. The first kappa shape index (κ1) is 14.0. The van der Waals surface area contributed by atoms with Gasteiger partial charge in [0, 0.05) is 17.3 Å². The van der Waals surface area contributed by atoms with Gasteiger partial charge in [-0.3, -0.25) is 14.4 Å². The summed E-state index contributed by atoms with van der Waals surface area (Å²) < 4.78 is 1.31. The van der Waals surface area contributed by atoms with Crippen LogP contribution >= 0.6 is 11.6 Å². The van der Waals surface area contributed by atoms with E-state index in [1.54, 1.807) is 24.3 Å². The van der Waals surface area contributed by atoms with Crippen molar-refractivity contribution in [1.29, 1.82) is 0 Å². The number of rotatable bonds is 4. The highest BCUT2D eigenvalue weighted by molar-refractivity contribution is 6.30. The minimum atomic E-state index is -1.31. The number of ketones is 1. The number of nitrogens with zero attached hydrogens (tertiary/aromatic N) is 2. The minimum Gasteiger partial charge on any atom is -0.481 e. The lowest BCUT2D eigenvalue weighted by molar-refractivity contribution is -0.135. The van der Waals surface area contributed by atoms with Gasteiger partial charge >= 0.3 is 5.97 Å². The molecule has 20 heavy (non-hydrogen) atoms. The number of aliphatic carboxylic acids is 1. The zero-order valence-corrected chi connectivity index (χ0v) is 10.9. The first-order valence-electron chi connectivity index (χ1n) is 5.58. The Morgan fingerprint density at radius 1 is 1.20 bits per heavy atom. The van der Waals surface area contributed by atoms with Gasteiger partial charge in [0.2, 0.25) is 5.43 Å². The molecule has 0 aliphatic carbocycles. The quantitative estimate of drug-likeness (QED) is 0.682. The Morgan fingerprint density at radius 3 is 2.45 bits per heavy atom. The standard InChI is InChI=1S/C13H9ClN2O4/c14-8-1-3-9(4-2-8)16-6-5-10(17)13(15-16)11(18)7-12(19)20/h1-6H,7H2,(H,19,20). The van der Waals surface area contributed by atoms with Gasteiger partial charge in [-0.25, -0.2) is 4.68 Å². The summed E-state index contributed by atoms with van der Waals surface area (Å²) in [6.07, 6.45) is 0.621. The topological polar surface area (TPSA) is 89.3 Å². The molecule has 0 aliphatic rings. The fourth-order valence-corrected chi connectivity index (χ4v) is 1.69. The van der Waals surface area contributed by atoms with Crippen molar-refractivity contribution in [2.45, 2.75) is 6.42 Å². The molecule has 0 atom stereocenters. The Morgan fingerprint density at radius 2 is 1.85 bits per heavy atom. The maximum Gasteiger partial charge on any atom is 0.311 e. The summed E-state index contributed by atoms with van der Waals surface area (Å²) in [6.45, 7) is 0. The molecule has 1 aromatic heterocycles. The second-order valence-corrected chi connectivity index (χ2v) is 4.38. The third-order valence-electron chi connectivity index (χ3n) is 2.48. The Hall–Kier alpha value is -2.47. The van der Waals surface area contributed by atoms with Crippen LogP contribution in [0.3, 0.4) is 0 Å². The molecule has 0 radical (unpaired) electrons. The van der Waals surface area contributed by atoms with Crippen LogP contribution < -0.4 is 5.43 Å². The van der Waals surface area contributed by atoms with Crippen molar-refractivity contribution in [2.24, 2.45) is 0 Å². The monoisotopic (exact) mass is 292 g/mol. The van der Waals surface area contributed by atoms with E-state index in [1.165, 1.54) is 10.9 Å². The molecule has 0 saturated carbocycles. The normalized spacial score (nSPS) is 10.2. The van der Waals surface area contributed by atoms with Crippen molar-refractivity contribution >= 4 is 23.4 Å². The smallest absolute Gasteiger partial charge is 0.311 e. The summed E-state index contributed by atoms with van der Waals surface area (Å²) in [7, 11) is 0. The van der Waals surface area contributed by atoms with Gasteiger partial charge in [0.05, 0.1) is 5.69 Å². The van der Waals surface area contributed by atoms with E-state index in [2.05, 4.69) is 5.10 Å². The van der Waals surface area contributed by atoms with Crippen molar-refractivity contribution in [3.8, 4) is 5.69 Å². The number of benzene rings is 1. The summed E-state index contributed by atoms with van der Waals surface area (Å²) >= 11 is 5.76. The lowest BCUT2D eigenvalue weighted by atomic mass is 10.2. The second-order valence-electron chi connectivity index (χ2n) is 3.94. The fraction of sp³-hybridized carbons (Fsp3) is 0.0769. The van der Waals surface area contributed by atoms with E-state index in [9.17, 15) is 14.4 Å². The van der Waals surface area contributed by atoms with Crippen molar-refractivity contribution in [3.05, 3.63) is 57.5 Å². The van der Waals surface area contributed by atoms with E-state index in [-0.39, 0.29) is 0 Å². The minimum absolute atomic E-state index is 0.398. The van der Waals surface area contributed by atoms with Crippen LogP contribution in [-0.4, -0.2) is 26.6 Å². The number of Topliss-reactive ketones (excluding diaryl/α,β-unsaturated/α-hetero) is 1. The van der Waals surface area contributed by atoms with E-state index in [1.807, 2.05) is 0 Å². The molecular weight excluding hydrogens is 284 g/mol. The van der Waals surface area contributed by atoms with Crippen LogP contribution in [0.5, 0.6) is 0 Å². The number of hydrogen-bond acceptors (Lipinski definition) is 4. The summed E-state index contributed by atoms with van der Waals surface area (Å²) in [5.41, 5.74) is -0.412. The van der Waals surface area contributed by atoms with Crippen LogP contribution in [0.1, 0.15) is 16.9 Å². The molecule has 2 rings (SSSR count). The lowest BCUT2D eigenvalue weighted by Gasteiger charge is -2.06. The molecule has 1 aromatic carbocycles. The van der Waals surface area contributed by atoms with Gasteiger partial charge < -0.3 is 5.11 Å². The summed E-state index contributed by atoms with van der Waals surface area (Å²) in [5, 5.41) is 13.0. The van der Waals surface area contributed by atoms with Crippen LogP contribution in [0.25, 0.3) is 5.69 Å². The van der Waals surface area contributed by atoms with Crippen molar-refractivity contribution < 1.29 is 14.7 Å². The molecule has 0 amide bonds. The SMILES string of the molecule is O=C(O)CC(=O)c1nn(-c2ccc(Cl)cc2)ccc1=O. The van der Waals surface area contributed by atoms with Gasteiger partial charge in [0.15, 0.2) is 11.5 Å². The first-order chi connectivity index (χ1) is 9.47. The molecule has 0 unspecified atom stereocenters. The molecule has 6 nitrogen and oxygen atoms in total. The number of carbonyl (C=O) groups is 2. The van der Waals surface area contributed by atoms with Crippen molar-refractivity contribution in [3.63, 3.8) is 0 Å². The van der Waals surface area contributed by atoms with Crippen LogP contribution in [0.4, 0.5) is 0 Å². The first-order valence-corrected chi connectivity index (χ1v) is 5.96. The van der Waals surface area contributed by atoms with Gasteiger partial charge in [-0.1, -0.05) is 11.6 Å². The molecule has 0 spiro atoms. The highest BCUT2D eigenvalue weighted by Crippen LogP contribution is 2.12. The Kier molecular flexibility index (Phi) is 3.95. The van der Waals surface area contributed by atoms with E-state index in [0.717, 1.165) is 6.07 Å². The number of carbonyl (C=O) groups excluding carboxylic acids is 1. The maximum atomic E-state index is 11.6. The molecule has 0 aliphatic heterocycles. The highest BCUT2D eigenvalue weighted by Gasteiger charge is 2.16. The van der Waals surface area contributed by atoms with Gasteiger partial charge in [0.1, 0.15) is 6.42 Å². The Labute approximate surface area is 118 Å². The summed E-state index contributed by atoms with van der Waals surface area (Å²) in [5.74, 6) is -2.14. The predicted octanol–water partition coefficient (Wildman–Crippen LogP) is 1.54. The van der Waals surface area contributed by atoms with Crippen LogP contribution in [0.2, 0.25) is 5.02 Å². The summed E-state index contributed by atoms with van der Waals surface area (Å²) in [4.78, 5) is 33.7. The zero-order chi connectivity index (χ0) is 14.7. The molecular formula is C13H9ClN2O4. The van der Waals surface area contributed by atoms with E-state index >= 15 is 0 Å². The number of aromatic nitrogens is 2. The number of hydrogen-bond donors (Lipinski definition) is 1. The lowest BCUT2D eigenvalue weighted by Crippen LogP contribution is -2.22. The average molecular weight is 293 g/mol. The predicted molar refractivity (Wildman–Crippen MR) is 71.4 cm³/mol. The number of halogens is 1. The summed E-state index contributed by atoms with van der Waals surface area (Å²) in [6, 6.07) is 7.75. The van der Waals surface area contributed by atoms with Crippen LogP contribution in [-0.2, 0) is 4.79 Å². The van der Waals surface area contributed by atoms with Crippen LogP contribution in [0, 0.1) is 0 Å². The zero-order valence-electron chi connectivity index (χ0n) is 10.1. The molecule has 1 heterocycles. The van der Waals surface area contributed by atoms with Gasteiger partial charge in [0.25, 0.3) is 0 Å². The maximum absolute atomic E-state index is 11.6. The third-order valence-corrected chi connectivity index (χ3v) is 2.73. The van der Waals surface area contributed by atoms with Gasteiger partial charge in [-0.15, -0.1) is 0 Å². The van der Waals surface area contributed by atoms with Crippen LogP contribution in [0.15, 0.2) is 41.3 Å². The Bertz CT molecular complexity index is 722. The molecule has 7 heteroatoms. The van der Waals surface area contributed by atoms with Gasteiger partial charge in [-0.05, 0) is 24.3 Å². The van der Waals surface area contributed by atoms with Gasteiger partial charge in [-0.2, -0.15) is 5.10 Å². The fourth-order valence-electron chi connectivity index (χ4n) is 1.56. The van der Waals surface area contributed by atoms with Crippen molar-refractivity contribution in [2.75, 3.05) is 0 Å². The highest BCUT2D eigenvalue weighted by atomic mass is 35.5. The third kappa shape index (κ3) is 3.10. The van der Waals surface area contributed by atoms with E-state index < -0.39 is 29.3 Å². The molecule has 0 bridgehead atoms. The van der Waals surface area contributed by atoms with Crippen molar-refractivity contribution in [1.82, 2.24) is 9.78 Å². The molecule has 102 valence electrons.